The summed E-state index contributed by atoms with van der Waals surface area (Å²) >= 11 is 0. The highest BCUT2D eigenvalue weighted by Crippen LogP contribution is 2.60. The molecule has 3 atom stereocenters. The zero-order valence-electron chi connectivity index (χ0n) is 21.2. The molecule has 0 amide bonds. The lowest BCUT2D eigenvalue weighted by Gasteiger charge is -2.49. The first kappa shape index (κ1) is 25.1. The highest BCUT2D eigenvalue weighted by molar-refractivity contribution is 6.15. The van der Waals surface area contributed by atoms with Gasteiger partial charge in [0.25, 0.3) is 0 Å². The van der Waals surface area contributed by atoms with Gasteiger partial charge in [0.1, 0.15) is 0 Å². The molecular formula is C28H51B. The molecule has 166 valence electrons. The van der Waals surface area contributed by atoms with Gasteiger partial charge in [0.2, 0.25) is 0 Å². The summed E-state index contributed by atoms with van der Waals surface area (Å²) in [5.41, 5.74) is 4.36. The minimum atomic E-state index is 0.0653. The summed E-state index contributed by atoms with van der Waals surface area (Å²) < 4.78 is 0. The zero-order valence-corrected chi connectivity index (χ0v) is 21.2. The third kappa shape index (κ3) is 6.16. The molecule has 0 bridgehead atoms. The Morgan fingerprint density at radius 2 is 1.34 bits per heavy atom. The van der Waals surface area contributed by atoms with Crippen molar-refractivity contribution in [3.8, 4) is 0 Å². The van der Waals surface area contributed by atoms with E-state index in [1.54, 1.807) is 0 Å². The molecule has 0 N–H and O–H groups in total. The minimum Gasteiger partial charge on any atom is -0.0677 e. The first-order chi connectivity index (χ1) is 13.6. The Balaban J connectivity index is 2.60. The standard InChI is InChI=1S/C28H51B/c1-9-13-21(12-4)25(22(14-10-2)15-11-3)26(23-17-28(8,29)18-23)24-19-27(6,7)16-20(24)5/h20-24H,9-19H2,1-8H3/b26-25+. The summed E-state index contributed by atoms with van der Waals surface area (Å²) in [7, 11) is 6.57. The number of hydrogen-bond donors (Lipinski definition) is 0. The average Bonchev–Trinajstić information content (AvgIpc) is 2.88. The van der Waals surface area contributed by atoms with Gasteiger partial charge in [-0.25, -0.2) is 0 Å². The Morgan fingerprint density at radius 3 is 1.72 bits per heavy atom. The predicted molar refractivity (Wildman–Crippen MR) is 132 cm³/mol. The summed E-state index contributed by atoms with van der Waals surface area (Å²) in [6.45, 7) is 19.5. The average molecular weight is 399 g/mol. The van der Waals surface area contributed by atoms with Crippen molar-refractivity contribution in [1.29, 1.82) is 0 Å². The molecule has 0 saturated heterocycles. The maximum absolute atomic E-state index is 6.57. The van der Waals surface area contributed by atoms with E-state index < -0.39 is 0 Å². The summed E-state index contributed by atoms with van der Waals surface area (Å²) in [5, 5.41) is 0.0653. The van der Waals surface area contributed by atoms with Gasteiger partial charge in [-0.05, 0) is 86.4 Å². The van der Waals surface area contributed by atoms with Gasteiger partial charge >= 0.3 is 0 Å². The van der Waals surface area contributed by atoms with E-state index in [1.165, 1.54) is 70.6 Å². The molecule has 0 heterocycles. The van der Waals surface area contributed by atoms with E-state index in [4.69, 9.17) is 7.85 Å². The lowest BCUT2D eigenvalue weighted by Crippen LogP contribution is -2.35. The molecule has 0 nitrogen and oxygen atoms in total. The third-order valence-corrected chi connectivity index (χ3v) is 8.22. The van der Waals surface area contributed by atoms with Crippen molar-refractivity contribution in [2.24, 2.45) is 35.0 Å². The van der Waals surface area contributed by atoms with Crippen molar-refractivity contribution in [3.63, 3.8) is 0 Å². The number of allylic oxidation sites excluding steroid dienone is 2. The zero-order chi connectivity index (χ0) is 21.8. The van der Waals surface area contributed by atoms with Crippen LogP contribution in [0.15, 0.2) is 11.1 Å². The highest BCUT2D eigenvalue weighted by atomic mass is 14.5. The molecule has 2 aliphatic rings. The molecule has 2 saturated carbocycles. The van der Waals surface area contributed by atoms with Crippen molar-refractivity contribution in [3.05, 3.63) is 11.1 Å². The fourth-order valence-corrected chi connectivity index (χ4v) is 7.23. The Bertz CT molecular complexity index is 527. The molecule has 29 heavy (non-hydrogen) atoms. The fourth-order valence-electron chi connectivity index (χ4n) is 7.23. The van der Waals surface area contributed by atoms with Crippen LogP contribution in [0.4, 0.5) is 0 Å². The molecule has 2 radical (unpaired) electrons. The summed E-state index contributed by atoms with van der Waals surface area (Å²) in [5.74, 6) is 3.96. The van der Waals surface area contributed by atoms with Crippen molar-refractivity contribution in [2.45, 2.75) is 131 Å². The maximum Gasteiger partial charge on any atom is 0.0743 e. The van der Waals surface area contributed by atoms with E-state index in [0.29, 0.717) is 5.41 Å². The van der Waals surface area contributed by atoms with Crippen LogP contribution in [0.5, 0.6) is 0 Å². The van der Waals surface area contributed by atoms with Gasteiger partial charge < -0.3 is 0 Å². The van der Waals surface area contributed by atoms with Crippen LogP contribution in [-0.4, -0.2) is 7.85 Å². The van der Waals surface area contributed by atoms with E-state index in [1.807, 2.05) is 11.1 Å². The van der Waals surface area contributed by atoms with Gasteiger partial charge in [-0.15, -0.1) is 0 Å². The van der Waals surface area contributed by atoms with Crippen LogP contribution in [-0.2, 0) is 0 Å². The van der Waals surface area contributed by atoms with Crippen molar-refractivity contribution in [1.82, 2.24) is 0 Å². The Kier molecular flexibility index (Phi) is 9.00. The molecule has 0 aromatic carbocycles. The van der Waals surface area contributed by atoms with E-state index in [0.717, 1.165) is 29.6 Å². The van der Waals surface area contributed by atoms with Crippen molar-refractivity contribution >= 4 is 7.85 Å². The second-order valence-electron chi connectivity index (χ2n) is 12.0. The van der Waals surface area contributed by atoms with Crippen LogP contribution in [0.25, 0.3) is 0 Å². The number of hydrogen-bond acceptors (Lipinski definition) is 0. The van der Waals surface area contributed by atoms with Crippen molar-refractivity contribution in [2.75, 3.05) is 0 Å². The molecule has 0 aliphatic heterocycles. The summed E-state index contributed by atoms with van der Waals surface area (Å²) in [6, 6.07) is 0. The SMILES string of the molecule is [B]C1(C)CC(/C(=C(/C(CC)CCC)C(CCC)CCC)C2CC(C)(C)CC2C)C1. The molecular weight excluding hydrogens is 347 g/mol. The minimum absolute atomic E-state index is 0.0653. The van der Waals surface area contributed by atoms with E-state index in [-0.39, 0.29) is 5.31 Å². The second-order valence-corrected chi connectivity index (χ2v) is 12.0. The first-order valence-electron chi connectivity index (χ1n) is 13.1. The van der Waals surface area contributed by atoms with Gasteiger partial charge in [-0.1, -0.05) is 91.1 Å². The highest BCUT2D eigenvalue weighted by Gasteiger charge is 2.47. The monoisotopic (exact) mass is 398 g/mol. The van der Waals surface area contributed by atoms with Crippen molar-refractivity contribution < 1.29 is 0 Å². The number of rotatable bonds is 11. The third-order valence-electron chi connectivity index (χ3n) is 8.22. The fraction of sp³-hybridized carbons (Fsp3) is 0.929. The van der Waals surface area contributed by atoms with Gasteiger partial charge in [0.15, 0.2) is 0 Å². The van der Waals surface area contributed by atoms with Crippen LogP contribution < -0.4 is 0 Å². The van der Waals surface area contributed by atoms with E-state index in [9.17, 15) is 0 Å². The van der Waals surface area contributed by atoms with Crippen LogP contribution in [0.3, 0.4) is 0 Å². The molecule has 0 aromatic heterocycles. The van der Waals surface area contributed by atoms with Crippen LogP contribution in [0, 0.1) is 35.0 Å². The molecule has 3 unspecified atom stereocenters. The lowest BCUT2D eigenvalue weighted by molar-refractivity contribution is 0.229. The quantitative estimate of drug-likeness (QED) is 0.240. The van der Waals surface area contributed by atoms with Gasteiger partial charge in [-0.3, -0.25) is 0 Å². The Hall–Kier alpha value is -0.195. The first-order valence-corrected chi connectivity index (χ1v) is 13.1. The van der Waals surface area contributed by atoms with E-state index >= 15 is 0 Å². The van der Waals surface area contributed by atoms with Gasteiger partial charge in [0.05, 0.1) is 7.85 Å². The normalized spacial score (nSPS) is 33.5. The molecule has 1 heteroatoms. The van der Waals surface area contributed by atoms with E-state index in [2.05, 4.69) is 55.4 Å². The Morgan fingerprint density at radius 1 is 0.828 bits per heavy atom. The predicted octanol–water partition coefficient (Wildman–Crippen LogP) is 9.16. The molecule has 2 rings (SSSR count). The summed E-state index contributed by atoms with van der Waals surface area (Å²) in [4.78, 5) is 0. The van der Waals surface area contributed by atoms with Gasteiger partial charge in [-0.2, -0.15) is 0 Å². The smallest absolute Gasteiger partial charge is 0.0677 e. The Labute approximate surface area is 185 Å². The topological polar surface area (TPSA) is 0 Å². The molecule has 0 aromatic rings. The molecule has 2 aliphatic carbocycles. The van der Waals surface area contributed by atoms with Gasteiger partial charge in [0, 0.05) is 0 Å². The largest absolute Gasteiger partial charge is 0.0743 e. The molecule has 2 fully saturated rings. The maximum atomic E-state index is 6.57. The summed E-state index contributed by atoms with van der Waals surface area (Å²) in [6.07, 6.45) is 14.6. The van der Waals surface area contributed by atoms with Crippen LogP contribution in [0.1, 0.15) is 126 Å². The molecule has 0 spiro atoms. The lowest BCUT2D eigenvalue weighted by atomic mass is 9.48. The van der Waals surface area contributed by atoms with Crippen LogP contribution in [0.2, 0.25) is 5.31 Å². The second kappa shape index (κ2) is 10.4. The van der Waals surface area contributed by atoms with Crippen LogP contribution >= 0.6 is 0 Å².